The van der Waals surface area contributed by atoms with E-state index in [-0.39, 0.29) is 5.56 Å². The number of aromatic nitrogens is 2. The van der Waals surface area contributed by atoms with E-state index in [2.05, 4.69) is 46.9 Å². The van der Waals surface area contributed by atoms with Crippen LogP contribution in [0.1, 0.15) is 42.1 Å². The normalized spacial score (nSPS) is 16.1. The van der Waals surface area contributed by atoms with Gasteiger partial charge in [0.1, 0.15) is 5.82 Å². The minimum atomic E-state index is 0.0808. The molecule has 0 atom stereocenters. The van der Waals surface area contributed by atoms with Gasteiger partial charge in [-0.2, -0.15) is 0 Å². The fourth-order valence-corrected chi connectivity index (χ4v) is 5.08. The number of methoxy groups -OCH3 is 1. The van der Waals surface area contributed by atoms with Crippen molar-refractivity contribution in [2.45, 2.75) is 50.0 Å². The Hall–Kier alpha value is -2.39. The minimum absolute atomic E-state index is 0.0808. The highest BCUT2D eigenvalue weighted by atomic mass is 32.2. The molecule has 35 heavy (non-hydrogen) atoms. The first kappa shape index (κ1) is 25.7. The van der Waals surface area contributed by atoms with Crippen molar-refractivity contribution < 1.29 is 9.47 Å². The highest BCUT2D eigenvalue weighted by Crippen LogP contribution is 2.35. The number of fused-ring (bicyclic) bond motifs is 1. The summed E-state index contributed by atoms with van der Waals surface area (Å²) in [7, 11) is 3.25. The first-order valence-corrected chi connectivity index (χ1v) is 13.2. The molecule has 7 nitrogen and oxygen atoms in total. The highest BCUT2D eigenvalue weighted by Gasteiger charge is 2.26. The van der Waals surface area contributed by atoms with E-state index in [9.17, 15) is 4.79 Å². The van der Waals surface area contributed by atoms with Gasteiger partial charge in [-0.15, -0.1) is 0 Å². The van der Waals surface area contributed by atoms with Gasteiger partial charge in [-0.05, 0) is 79.6 Å². The number of nitrogens with two attached hydrogens (primary N) is 1. The van der Waals surface area contributed by atoms with Crippen LogP contribution in [-0.2, 0) is 22.4 Å². The van der Waals surface area contributed by atoms with Crippen LogP contribution in [0, 0.1) is 6.92 Å². The molecule has 1 aliphatic carbocycles. The summed E-state index contributed by atoms with van der Waals surface area (Å²) in [5, 5.41) is 6.40. The van der Waals surface area contributed by atoms with Crippen LogP contribution in [-0.4, -0.2) is 50.1 Å². The molecule has 5 rings (SSSR count). The summed E-state index contributed by atoms with van der Waals surface area (Å²) in [6.45, 7) is 5.98. The molecule has 2 N–H and O–H groups in total. The fraction of sp³-hybridized carbons (Fsp3) is 0.481. The van der Waals surface area contributed by atoms with Crippen LogP contribution < -0.4 is 15.6 Å². The van der Waals surface area contributed by atoms with E-state index in [1.54, 1.807) is 14.2 Å². The molecule has 2 aliphatic rings. The molecular weight excluding hydrogens is 460 g/mol. The number of aryl methyl sites for hydroxylation is 2. The lowest BCUT2D eigenvalue weighted by molar-refractivity contribution is 0.122. The van der Waals surface area contributed by atoms with Crippen molar-refractivity contribution in [1.82, 2.24) is 9.55 Å². The SMILES string of the molecule is COC.Cc1cc(SN)ccc1CCn1c(C2CCC2)nc2cc(N3CCOCC3)ccc2c1=O. The maximum absolute atomic E-state index is 13.6. The number of hydrogen-bond acceptors (Lipinski definition) is 7. The summed E-state index contributed by atoms with van der Waals surface area (Å²) in [5.74, 6) is 1.34. The van der Waals surface area contributed by atoms with E-state index in [0.717, 1.165) is 67.5 Å². The zero-order valence-corrected chi connectivity index (χ0v) is 21.8. The number of hydrogen-bond donors (Lipinski definition) is 1. The third-order valence-electron chi connectivity index (χ3n) is 6.87. The van der Waals surface area contributed by atoms with Crippen LogP contribution in [0.3, 0.4) is 0 Å². The summed E-state index contributed by atoms with van der Waals surface area (Å²) in [6, 6.07) is 12.4. The molecule has 1 aliphatic heterocycles. The van der Waals surface area contributed by atoms with E-state index in [4.69, 9.17) is 14.9 Å². The third kappa shape index (κ3) is 5.89. The van der Waals surface area contributed by atoms with E-state index < -0.39 is 0 Å². The second-order valence-electron chi connectivity index (χ2n) is 9.22. The molecule has 0 bridgehead atoms. The molecule has 8 heteroatoms. The zero-order valence-electron chi connectivity index (χ0n) is 21.0. The molecule has 0 radical (unpaired) electrons. The Morgan fingerprint density at radius 1 is 1.14 bits per heavy atom. The average Bonchev–Trinajstić information content (AvgIpc) is 2.84. The van der Waals surface area contributed by atoms with E-state index in [1.807, 2.05) is 10.6 Å². The van der Waals surface area contributed by atoms with Gasteiger partial charge in [0.2, 0.25) is 0 Å². The Labute approximate surface area is 211 Å². The van der Waals surface area contributed by atoms with Crippen LogP contribution in [0.25, 0.3) is 10.9 Å². The minimum Gasteiger partial charge on any atom is -0.388 e. The predicted molar refractivity (Wildman–Crippen MR) is 143 cm³/mol. The van der Waals surface area contributed by atoms with E-state index >= 15 is 0 Å². The molecule has 0 spiro atoms. The van der Waals surface area contributed by atoms with Crippen LogP contribution in [0.5, 0.6) is 0 Å². The van der Waals surface area contributed by atoms with Crippen LogP contribution >= 0.6 is 11.9 Å². The van der Waals surface area contributed by atoms with Gasteiger partial charge in [0.05, 0.1) is 24.1 Å². The summed E-state index contributed by atoms with van der Waals surface area (Å²) in [4.78, 5) is 22.0. The number of benzene rings is 2. The quantitative estimate of drug-likeness (QED) is 0.510. The van der Waals surface area contributed by atoms with Gasteiger partial charge in [0.25, 0.3) is 5.56 Å². The van der Waals surface area contributed by atoms with Gasteiger partial charge in [0, 0.05) is 50.4 Å². The van der Waals surface area contributed by atoms with E-state index in [0.29, 0.717) is 17.8 Å². The monoisotopic (exact) mass is 496 g/mol. The molecule has 1 saturated carbocycles. The largest absolute Gasteiger partial charge is 0.388 e. The van der Waals surface area contributed by atoms with Gasteiger partial charge in [-0.1, -0.05) is 12.5 Å². The van der Waals surface area contributed by atoms with Crippen molar-refractivity contribution in [3.05, 3.63) is 63.7 Å². The Morgan fingerprint density at radius 2 is 1.89 bits per heavy atom. The lowest BCUT2D eigenvalue weighted by Crippen LogP contribution is -2.36. The van der Waals surface area contributed by atoms with Gasteiger partial charge in [-0.25, -0.2) is 4.98 Å². The molecule has 2 aromatic carbocycles. The number of morpholine rings is 1. The lowest BCUT2D eigenvalue weighted by Gasteiger charge is -2.30. The van der Waals surface area contributed by atoms with Gasteiger partial charge < -0.3 is 14.4 Å². The second-order valence-corrected chi connectivity index (χ2v) is 9.93. The Morgan fingerprint density at radius 3 is 2.51 bits per heavy atom. The van der Waals surface area contributed by atoms with Crippen molar-refractivity contribution in [3.8, 4) is 0 Å². The van der Waals surface area contributed by atoms with Crippen molar-refractivity contribution in [2.24, 2.45) is 5.14 Å². The molecule has 2 fully saturated rings. The highest BCUT2D eigenvalue weighted by molar-refractivity contribution is 7.97. The standard InChI is InChI=1S/C25H30N4O2S.C2H6O/c1-17-15-21(32-26)7-5-18(17)9-10-29-24(19-3-2-4-19)27-23-16-20(6-8-22(23)25(29)30)28-11-13-31-14-12-28;1-3-2/h5-8,15-16,19H,2-4,9-14,26H2,1H3;1-2H3. The van der Waals surface area contributed by atoms with Gasteiger partial charge in [-0.3, -0.25) is 14.5 Å². The Balaban J connectivity index is 0.000000917. The summed E-state index contributed by atoms with van der Waals surface area (Å²) >= 11 is 1.26. The molecule has 1 saturated heterocycles. The lowest BCUT2D eigenvalue weighted by atomic mass is 9.84. The van der Waals surface area contributed by atoms with Crippen LogP contribution in [0.4, 0.5) is 5.69 Å². The van der Waals surface area contributed by atoms with Crippen molar-refractivity contribution in [2.75, 3.05) is 45.4 Å². The Kier molecular flexibility index (Phi) is 8.83. The molecule has 3 aromatic rings. The smallest absolute Gasteiger partial charge is 0.261 e. The van der Waals surface area contributed by atoms with Crippen LogP contribution in [0.15, 0.2) is 46.1 Å². The molecule has 2 heterocycles. The molecule has 0 amide bonds. The topological polar surface area (TPSA) is 82.6 Å². The molecular formula is C27H36N4O3S. The number of ether oxygens (including phenoxy) is 2. The fourth-order valence-electron chi connectivity index (χ4n) is 4.69. The predicted octanol–water partition coefficient (Wildman–Crippen LogP) is 4.28. The average molecular weight is 497 g/mol. The Bertz CT molecular complexity index is 1200. The maximum atomic E-state index is 13.6. The maximum Gasteiger partial charge on any atom is 0.261 e. The van der Waals surface area contributed by atoms with Gasteiger partial charge >= 0.3 is 0 Å². The molecule has 188 valence electrons. The van der Waals surface area contributed by atoms with Gasteiger partial charge in [0.15, 0.2) is 0 Å². The summed E-state index contributed by atoms with van der Waals surface area (Å²) in [6.07, 6.45) is 4.24. The number of nitrogens with zero attached hydrogens (tertiary/aromatic N) is 3. The first-order chi connectivity index (χ1) is 17.0. The van der Waals surface area contributed by atoms with Crippen molar-refractivity contribution >= 4 is 28.5 Å². The van der Waals surface area contributed by atoms with Crippen molar-refractivity contribution in [3.63, 3.8) is 0 Å². The zero-order chi connectivity index (χ0) is 24.8. The van der Waals surface area contributed by atoms with E-state index in [1.165, 1.54) is 29.5 Å². The molecule has 0 unspecified atom stereocenters. The summed E-state index contributed by atoms with van der Waals surface area (Å²) < 4.78 is 11.7. The van der Waals surface area contributed by atoms with Crippen LogP contribution in [0.2, 0.25) is 0 Å². The number of anilines is 1. The molecule has 1 aromatic heterocycles. The third-order valence-corrected chi connectivity index (χ3v) is 7.40. The number of rotatable bonds is 6. The summed E-state index contributed by atoms with van der Waals surface area (Å²) in [5.41, 5.74) is 4.48. The first-order valence-electron chi connectivity index (χ1n) is 12.3. The second kappa shape index (κ2) is 12.0. The van der Waals surface area contributed by atoms with Crippen molar-refractivity contribution in [1.29, 1.82) is 0 Å².